The standard InChI is InChI=1S/C19H18N4O/c1-13-10-20-19(21-11-13)16-4-2-3-14(9-16)12-23-18(24)8-7-17(22-23)15-5-6-15/h2-4,7-11,15H,5-6,12H2,1H3. The van der Waals surface area contributed by atoms with Crippen LogP contribution >= 0.6 is 0 Å². The molecule has 5 nitrogen and oxygen atoms in total. The van der Waals surface area contributed by atoms with E-state index in [1.54, 1.807) is 23.1 Å². The van der Waals surface area contributed by atoms with Crippen molar-refractivity contribution < 1.29 is 0 Å². The van der Waals surface area contributed by atoms with Gasteiger partial charge in [-0.15, -0.1) is 0 Å². The third-order valence-corrected chi connectivity index (χ3v) is 4.18. The van der Waals surface area contributed by atoms with E-state index >= 15 is 0 Å². The van der Waals surface area contributed by atoms with Crippen LogP contribution in [0.2, 0.25) is 0 Å². The SMILES string of the molecule is Cc1cnc(-c2cccc(Cn3nc(C4CC4)ccc3=O)c2)nc1. The van der Waals surface area contributed by atoms with Crippen LogP contribution < -0.4 is 5.56 Å². The summed E-state index contributed by atoms with van der Waals surface area (Å²) in [6.45, 7) is 2.42. The van der Waals surface area contributed by atoms with Crippen LogP contribution in [0.4, 0.5) is 0 Å². The molecule has 24 heavy (non-hydrogen) atoms. The lowest BCUT2D eigenvalue weighted by molar-refractivity contribution is 0.619. The molecule has 1 aliphatic rings. The van der Waals surface area contributed by atoms with Crippen LogP contribution in [0.3, 0.4) is 0 Å². The number of hydrogen-bond acceptors (Lipinski definition) is 4. The lowest BCUT2D eigenvalue weighted by Gasteiger charge is -2.08. The minimum Gasteiger partial charge on any atom is -0.268 e. The summed E-state index contributed by atoms with van der Waals surface area (Å²) in [4.78, 5) is 20.8. The zero-order valence-corrected chi connectivity index (χ0v) is 13.5. The van der Waals surface area contributed by atoms with Gasteiger partial charge in [-0.3, -0.25) is 4.79 Å². The minimum atomic E-state index is -0.0728. The fourth-order valence-electron chi connectivity index (χ4n) is 2.70. The van der Waals surface area contributed by atoms with Crippen LogP contribution in [-0.2, 0) is 6.54 Å². The van der Waals surface area contributed by atoms with Gasteiger partial charge in [0.15, 0.2) is 5.82 Å². The Bertz CT molecular complexity index is 927. The molecule has 0 bridgehead atoms. The molecule has 0 spiro atoms. The summed E-state index contributed by atoms with van der Waals surface area (Å²) < 4.78 is 1.54. The molecule has 1 aliphatic carbocycles. The first kappa shape index (κ1) is 14.8. The van der Waals surface area contributed by atoms with Crippen molar-refractivity contribution in [1.29, 1.82) is 0 Å². The highest BCUT2D eigenvalue weighted by Crippen LogP contribution is 2.38. The number of aromatic nitrogens is 4. The summed E-state index contributed by atoms with van der Waals surface area (Å²) in [5, 5.41) is 4.52. The molecule has 120 valence electrons. The van der Waals surface area contributed by atoms with Gasteiger partial charge in [0.25, 0.3) is 5.56 Å². The molecular weight excluding hydrogens is 300 g/mol. The quantitative estimate of drug-likeness (QED) is 0.742. The summed E-state index contributed by atoms with van der Waals surface area (Å²) in [6.07, 6.45) is 5.96. The Hall–Kier alpha value is -2.82. The maximum atomic E-state index is 12.1. The molecule has 3 aromatic rings. The van der Waals surface area contributed by atoms with Gasteiger partial charge in [-0.05, 0) is 43.0 Å². The van der Waals surface area contributed by atoms with Gasteiger partial charge in [0.2, 0.25) is 0 Å². The first-order chi connectivity index (χ1) is 11.7. The van der Waals surface area contributed by atoms with Crippen molar-refractivity contribution in [2.75, 3.05) is 0 Å². The Balaban J connectivity index is 1.63. The molecule has 4 rings (SSSR count). The number of nitrogens with zero attached hydrogens (tertiary/aromatic N) is 4. The molecule has 0 N–H and O–H groups in total. The molecular formula is C19H18N4O. The lowest BCUT2D eigenvalue weighted by atomic mass is 10.1. The van der Waals surface area contributed by atoms with Gasteiger partial charge in [0.1, 0.15) is 0 Å². The molecule has 2 aromatic heterocycles. The molecule has 1 aromatic carbocycles. The smallest absolute Gasteiger partial charge is 0.267 e. The van der Waals surface area contributed by atoms with E-state index in [1.165, 1.54) is 12.8 Å². The number of hydrogen-bond donors (Lipinski definition) is 0. The third-order valence-electron chi connectivity index (χ3n) is 4.18. The van der Waals surface area contributed by atoms with Crippen molar-refractivity contribution in [2.45, 2.75) is 32.2 Å². The number of aryl methyl sites for hydroxylation is 1. The first-order valence-electron chi connectivity index (χ1n) is 8.15. The predicted octanol–water partition coefficient (Wildman–Crippen LogP) is 2.93. The highest BCUT2D eigenvalue weighted by atomic mass is 16.1. The second-order valence-corrected chi connectivity index (χ2v) is 6.31. The fourth-order valence-corrected chi connectivity index (χ4v) is 2.70. The zero-order chi connectivity index (χ0) is 16.5. The van der Waals surface area contributed by atoms with Crippen LogP contribution in [0.25, 0.3) is 11.4 Å². The largest absolute Gasteiger partial charge is 0.268 e. The van der Waals surface area contributed by atoms with E-state index < -0.39 is 0 Å². The highest BCUT2D eigenvalue weighted by Gasteiger charge is 2.25. The lowest BCUT2D eigenvalue weighted by Crippen LogP contribution is -2.23. The molecule has 0 unspecified atom stereocenters. The average molecular weight is 318 g/mol. The first-order valence-corrected chi connectivity index (χ1v) is 8.15. The summed E-state index contributed by atoms with van der Waals surface area (Å²) >= 11 is 0. The maximum absolute atomic E-state index is 12.1. The summed E-state index contributed by atoms with van der Waals surface area (Å²) in [7, 11) is 0. The van der Waals surface area contributed by atoms with Crippen LogP contribution in [0.15, 0.2) is 53.6 Å². The molecule has 1 saturated carbocycles. The molecule has 0 saturated heterocycles. The maximum Gasteiger partial charge on any atom is 0.267 e. The van der Waals surface area contributed by atoms with Gasteiger partial charge in [-0.2, -0.15) is 5.10 Å². The molecule has 5 heteroatoms. The van der Waals surface area contributed by atoms with Crippen molar-refractivity contribution in [3.63, 3.8) is 0 Å². The Morgan fingerprint density at radius 1 is 1.12 bits per heavy atom. The van der Waals surface area contributed by atoms with Gasteiger partial charge < -0.3 is 0 Å². The van der Waals surface area contributed by atoms with Gasteiger partial charge in [0.05, 0.1) is 12.2 Å². The van der Waals surface area contributed by atoms with E-state index in [2.05, 4.69) is 15.1 Å². The Kier molecular flexibility index (Phi) is 3.69. The van der Waals surface area contributed by atoms with Gasteiger partial charge in [-0.25, -0.2) is 14.6 Å². The Morgan fingerprint density at radius 2 is 1.92 bits per heavy atom. The van der Waals surface area contributed by atoms with Crippen molar-refractivity contribution in [1.82, 2.24) is 19.7 Å². The van der Waals surface area contributed by atoms with E-state index in [1.807, 2.05) is 37.3 Å². The van der Waals surface area contributed by atoms with Crippen molar-refractivity contribution in [2.24, 2.45) is 0 Å². The molecule has 0 radical (unpaired) electrons. The zero-order valence-electron chi connectivity index (χ0n) is 13.5. The van der Waals surface area contributed by atoms with Crippen LogP contribution in [-0.4, -0.2) is 19.7 Å². The molecule has 0 amide bonds. The van der Waals surface area contributed by atoms with Crippen LogP contribution in [0.5, 0.6) is 0 Å². The van der Waals surface area contributed by atoms with Gasteiger partial charge in [0, 0.05) is 29.9 Å². The fraction of sp³-hybridized carbons (Fsp3) is 0.263. The second kappa shape index (κ2) is 6.00. The van der Waals surface area contributed by atoms with E-state index in [4.69, 9.17) is 0 Å². The molecule has 2 heterocycles. The number of benzene rings is 1. The van der Waals surface area contributed by atoms with Crippen molar-refractivity contribution >= 4 is 0 Å². The molecule has 0 atom stereocenters. The summed E-state index contributed by atoms with van der Waals surface area (Å²) in [5.74, 6) is 1.22. The molecule has 0 aliphatic heterocycles. The summed E-state index contributed by atoms with van der Waals surface area (Å²) in [6, 6.07) is 11.4. The second-order valence-electron chi connectivity index (χ2n) is 6.31. The van der Waals surface area contributed by atoms with E-state index in [9.17, 15) is 4.79 Å². The van der Waals surface area contributed by atoms with Crippen molar-refractivity contribution in [3.05, 3.63) is 76.0 Å². The van der Waals surface area contributed by atoms with Crippen LogP contribution in [0.1, 0.15) is 35.6 Å². The van der Waals surface area contributed by atoms with Gasteiger partial charge in [-0.1, -0.05) is 18.2 Å². The minimum absolute atomic E-state index is 0.0728. The van der Waals surface area contributed by atoms with Crippen molar-refractivity contribution in [3.8, 4) is 11.4 Å². The Labute approximate surface area is 140 Å². The van der Waals surface area contributed by atoms with E-state index in [-0.39, 0.29) is 5.56 Å². The monoisotopic (exact) mass is 318 g/mol. The predicted molar refractivity (Wildman–Crippen MR) is 91.8 cm³/mol. The Morgan fingerprint density at radius 3 is 2.67 bits per heavy atom. The topological polar surface area (TPSA) is 60.7 Å². The average Bonchev–Trinajstić information content (AvgIpc) is 3.43. The van der Waals surface area contributed by atoms with Crippen LogP contribution in [0, 0.1) is 6.92 Å². The van der Waals surface area contributed by atoms with E-state index in [0.29, 0.717) is 18.3 Å². The third kappa shape index (κ3) is 3.11. The highest BCUT2D eigenvalue weighted by molar-refractivity contribution is 5.55. The normalized spacial score (nSPS) is 13.9. The molecule has 1 fully saturated rings. The summed E-state index contributed by atoms with van der Waals surface area (Å²) in [5.41, 5.74) is 3.93. The van der Waals surface area contributed by atoms with E-state index in [0.717, 1.165) is 22.4 Å². The number of rotatable bonds is 4. The van der Waals surface area contributed by atoms with Gasteiger partial charge >= 0.3 is 0 Å².